The molecule has 1 aromatic heterocycles. The zero-order valence-corrected chi connectivity index (χ0v) is 17.9. The van der Waals surface area contributed by atoms with Crippen molar-refractivity contribution in [3.8, 4) is 10.6 Å². The number of nitrogens with one attached hydrogen (secondary N) is 1. The van der Waals surface area contributed by atoms with Crippen LogP contribution >= 0.6 is 22.9 Å². The van der Waals surface area contributed by atoms with Crippen LogP contribution < -0.4 is 5.32 Å². The number of carbonyl (C=O) groups excluding carboxylic acids is 3. The van der Waals surface area contributed by atoms with Gasteiger partial charge in [0.2, 0.25) is 0 Å². The Hall–Kier alpha value is -3.03. The van der Waals surface area contributed by atoms with Crippen molar-refractivity contribution in [3.05, 3.63) is 70.2 Å². The molecule has 3 aromatic rings. The van der Waals surface area contributed by atoms with Gasteiger partial charge in [-0.25, -0.2) is 4.98 Å². The molecule has 0 aliphatic carbocycles. The second kappa shape index (κ2) is 9.65. The van der Waals surface area contributed by atoms with Crippen LogP contribution in [-0.2, 0) is 20.7 Å². The highest BCUT2D eigenvalue weighted by Crippen LogP contribution is 2.26. The molecule has 154 valence electrons. The first-order valence-electron chi connectivity index (χ1n) is 9.13. The summed E-state index contributed by atoms with van der Waals surface area (Å²) in [4.78, 5) is 40.2. The van der Waals surface area contributed by atoms with Gasteiger partial charge in [0.15, 0.2) is 11.9 Å². The van der Waals surface area contributed by atoms with Gasteiger partial charge in [-0.05, 0) is 50.2 Å². The van der Waals surface area contributed by atoms with Crippen molar-refractivity contribution in [1.82, 2.24) is 4.98 Å². The molecule has 0 radical (unpaired) electrons. The Kier molecular flexibility index (Phi) is 6.97. The highest BCUT2D eigenvalue weighted by Gasteiger charge is 2.19. The Labute approximate surface area is 182 Å². The van der Waals surface area contributed by atoms with Gasteiger partial charge in [-0.2, -0.15) is 0 Å². The number of esters is 1. The van der Waals surface area contributed by atoms with Gasteiger partial charge in [-0.15, -0.1) is 11.3 Å². The molecule has 8 heteroatoms. The minimum absolute atomic E-state index is 0.0397. The van der Waals surface area contributed by atoms with Crippen LogP contribution in [0.2, 0.25) is 5.02 Å². The van der Waals surface area contributed by atoms with Crippen molar-refractivity contribution in [2.75, 3.05) is 5.32 Å². The number of anilines is 1. The lowest BCUT2D eigenvalue weighted by atomic mass is 10.1. The molecule has 0 saturated heterocycles. The largest absolute Gasteiger partial charge is 0.452 e. The number of Topliss-reactive ketones (excluding diaryl/α,β-unsaturated/α-hetero) is 1. The number of amides is 1. The Bertz CT molecular complexity index is 1080. The lowest BCUT2D eigenvalue weighted by molar-refractivity contribution is -0.152. The van der Waals surface area contributed by atoms with Crippen molar-refractivity contribution in [3.63, 3.8) is 0 Å². The summed E-state index contributed by atoms with van der Waals surface area (Å²) in [6.07, 6.45) is -1.02. The number of halogens is 1. The molecule has 30 heavy (non-hydrogen) atoms. The summed E-state index contributed by atoms with van der Waals surface area (Å²) in [6, 6.07) is 13.8. The summed E-state index contributed by atoms with van der Waals surface area (Å²) in [5, 5.41) is 5.79. The SMILES string of the molecule is CC(=O)c1ccc(NC(=O)C(C)OC(=O)Cc2csc(-c3cccc(Cl)c3)n2)cc1. The van der Waals surface area contributed by atoms with Crippen molar-refractivity contribution in [2.24, 2.45) is 0 Å². The van der Waals surface area contributed by atoms with Gasteiger partial charge in [0, 0.05) is 27.2 Å². The third-order valence-electron chi connectivity index (χ3n) is 4.19. The molecule has 0 bridgehead atoms. The average Bonchev–Trinajstić information content (AvgIpc) is 3.16. The fourth-order valence-electron chi connectivity index (χ4n) is 2.61. The quantitative estimate of drug-likeness (QED) is 0.420. The summed E-state index contributed by atoms with van der Waals surface area (Å²) in [5.41, 5.74) is 2.49. The number of ketones is 1. The maximum absolute atomic E-state index is 12.3. The normalized spacial score (nSPS) is 11.6. The number of rotatable bonds is 7. The molecule has 0 aliphatic heterocycles. The third kappa shape index (κ3) is 5.75. The predicted molar refractivity (Wildman–Crippen MR) is 117 cm³/mol. The number of hydrogen-bond donors (Lipinski definition) is 1. The van der Waals surface area contributed by atoms with E-state index in [9.17, 15) is 14.4 Å². The molecular weight excluding hydrogens is 424 g/mol. The van der Waals surface area contributed by atoms with Crippen LogP contribution in [0.15, 0.2) is 53.9 Å². The first-order valence-corrected chi connectivity index (χ1v) is 10.4. The lowest BCUT2D eigenvalue weighted by Crippen LogP contribution is -2.30. The Morgan fingerprint density at radius 1 is 1.17 bits per heavy atom. The molecule has 6 nitrogen and oxygen atoms in total. The molecule has 1 unspecified atom stereocenters. The fraction of sp³-hybridized carbons (Fsp3) is 0.182. The first-order chi connectivity index (χ1) is 14.3. The van der Waals surface area contributed by atoms with E-state index in [0.29, 0.717) is 22.0 Å². The Balaban J connectivity index is 1.54. The predicted octanol–water partition coefficient (Wildman–Crippen LogP) is 4.78. The summed E-state index contributed by atoms with van der Waals surface area (Å²) < 4.78 is 5.22. The van der Waals surface area contributed by atoms with Crippen LogP contribution in [0.4, 0.5) is 5.69 Å². The minimum atomic E-state index is -0.976. The van der Waals surface area contributed by atoms with Crippen LogP contribution in [0.1, 0.15) is 29.9 Å². The van der Waals surface area contributed by atoms with Crippen molar-refractivity contribution in [2.45, 2.75) is 26.4 Å². The average molecular weight is 443 g/mol. The number of carbonyl (C=O) groups is 3. The molecule has 1 N–H and O–H groups in total. The van der Waals surface area contributed by atoms with Crippen LogP contribution in [0.5, 0.6) is 0 Å². The van der Waals surface area contributed by atoms with Crippen molar-refractivity contribution in [1.29, 1.82) is 0 Å². The molecule has 2 aromatic carbocycles. The molecule has 0 aliphatic rings. The zero-order chi connectivity index (χ0) is 21.7. The van der Waals surface area contributed by atoms with Crippen molar-refractivity contribution < 1.29 is 19.1 Å². The van der Waals surface area contributed by atoms with Crippen LogP contribution in [0.25, 0.3) is 10.6 Å². The minimum Gasteiger partial charge on any atom is -0.452 e. The highest BCUT2D eigenvalue weighted by molar-refractivity contribution is 7.13. The van der Waals surface area contributed by atoms with E-state index in [1.807, 2.05) is 12.1 Å². The zero-order valence-electron chi connectivity index (χ0n) is 16.3. The third-order valence-corrected chi connectivity index (χ3v) is 5.36. The van der Waals surface area contributed by atoms with E-state index in [1.165, 1.54) is 25.2 Å². The van der Waals surface area contributed by atoms with Crippen LogP contribution in [-0.4, -0.2) is 28.7 Å². The smallest absolute Gasteiger partial charge is 0.312 e. The van der Waals surface area contributed by atoms with Gasteiger partial charge < -0.3 is 10.1 Å². The second-order valence-corrected chi connectivity index (χ2v) is 7.88. The number of thiazole rings is 1. The summed E-state index contributed by atoms with van der Waals surface area (Å²) in [5.74, 6) is -1.07. The molecule has 1 amide bonds. The Morgan fingerprint density at radius 3 is 2.57 bits per heavy atom. The topological polar surface area (TPSA) is 85.4 Å². The van der Waals surface area contributed by atoms with E-state index in [4.69, 9.17) is 16.3 Å². The fourth-order valence-corrected chi connectivity index (χ4v) is 3.62. The molecule has 1 heterocycles. The van der Waals surface area contributed by atoms with E-state index in [-0.39, 0.29) is 12.2 Å². The van der Waals surface area contributed by atoms with Crippen LogP contribution in [0, 0.1) is 0 Å². The summed E-state index contributed by atoms with van der Waals surface area (Å²) in [6.45, 7) is 2.96. The molecule has 0 spiro atoms. The van der Waals surface area contributed by atoms with E-state index in [0.717, 1.165) is 10.6 Å². The van der Waals surface area contributed by atoms with E-state index < -0.39 is 18.0 Å². The molecule has 1 atom stereocenters. The number of benzene rings is 2. The van der Waals surface area contributed by atoms with Crippen LogP contribution in [0.3, 0.4) is 0 Å². The lowest BCUT2D eigenvalue weighted by Gasteiger charge is -2.13. The van der Waals surface area contributed by atoms with Gasteiger partial charge in [0.1, 0.15) is 5.01 Å². The second-order valence-electron chi connectivity index (χ2n) is 6.59. The Morgan fingerprint density at radius 2 is 1.90 bits per heavy atom. The maximum atomic E-state index is 12.3. The number of aromatic nitrogens is 1. The van der Waals surface area contributed by atoms with E-state index in [1.54, 1.807) is 41.8 Å². The van der Waals surface area contributed by atoms with Gasteiger partial charge in [-0.3, -0.25) is 14.4 Å². The maximum Gasteiger partial charge on any atom is 0.312 e. The molecule has 3 rings (SSSR count). The number of hydrogen-bond acceptors (Lipinski definition) is 6. The molecule has 0 saturated carbocycles. The van der Waals surface area contributed by atoms with Gasteiger partial charge in [-0.1, -0.05) is 23.7 Å². The summed E-state index contributed by atoms with van der Waals surface area (Å²) >= 11 is 7.40. The summed E-state index contributed by atoms with van der Waals surface area (Å²) in [7, 11) is 0. The number of nitrogens with zero attached hydrogens (tertiary/aromatic N) is 1. The standard InChI is InChI=1S/C22H19ClN2O4S/c1-13(26)15-6-8-18(9-7-15)24-21(28)14(2)29-20(27)11-19-12-30-22(25-19)16-4-3-5-17(23)10-16/h3-10,12,14H,11H2,1-2H3,(H,24,28). The first kappa shape index (κ1) is 21.7. The van der Waals surface area contributed by atoms with Crippen molar-refractivity contribution >= 4 is 46.3 Å². The van der Waals surface area contributed by atoms with E-state index >= 15 is 0 Å². The molecule has 0 fully saturated rings. The van der Waals surface area contributed by atoms with E-state index in [2.05, 4.69) is 10.3 Å². The highest BCUT2D eigenvalue weighted by atomic mass is 35.5. The van der Waals surface area contributed by atoms with Gasteiger partial charge >= 0.3 is 5.97 Å². The monoisotopic (exact) mass is 442 g/mol. The molecular formula is C22H19ClN2O4S. The van der Waals surface area contributed by atoms with Gasteiger partial charge in [0.25, 0.3) is 5.91 Å². The number of ether oxygens (including phenoxy) is 1. The van der Waals surface area contributed by atoms with Gasteiger partial charge in [0.05, 0.1) is 12.1 Å².